The van der Waals surface area contributed by atoms with Crippen molar-refractivity contribution in [3.8, 4) is 0 Å². The van der Waals surface area contributed by atoms with E-state index in [4.69, 9.17) is 0 Å². The highest BCUT2D eigenvalue weighted by Gasteiger charge is 2.22. The molecule has 0 radical (unpaired) electrons. The Bertz CT molecular complexity index is 288. The molecule has 2 heterocycles. The van der Waals surface area contributed by atoms with Crippen LogP contribution in [0.25, 0.3) is 0 Å². The highest BCUT2D eigenvalue weighted by atomic mass is 79.9. The Morgan fingerprint density at radius 3 is 2.92 bits per heavy atom. The molecule has 0 aliphatic carbocycles. The number of aromatic nitrogens is 1. The molecule has 0 unspecified atom stereocenters. The van der Waals surface area contributed by atoms with Crippen molar-refractivity contribution in [3.63, 3.8) is 0 Å². The molecule has 2 rings (SSSR count). The lowest BCUT2D eigenvalue weighted by Gasteiger charge is -2.15. The Hall–Kier alpha value is -0.640. The molecule has 1 aromatic heterocycles. The summed E-state index contributed by atoms with van der Waals surface area (Å²) in [5, 5.41) is 0. The Morgan fingerprint density at radius 1 is 1.54 bits per heavy atom. The summed E-state index contributed by atoms with van der Waals surface area (Å²) in [7, 11) is 0. The van der Waals surface area contributed by atoms with E-state index in [9.17, 15) is 4.39 Å². The second-order valence-corrected chi connectivity index (χ2v) is 4.08. The highest BCUT2D eigenvalue weighted by Crippen LogP contribution is 2.20. The van der Waals surface area contributed by atoms with E-state index < -0.39 is 6.17 Å². The Morgan fingerprint density at radius 2 is 2.38 bits per heavy atom. The summed E-state index contributed by atoms with van der Waals surface area (Å²) in [5.74, 6) is 0.864. The van der Waals surface area contributed by atoms with E-state index in [2.05, 4.69) is 20.9 Å². The third kappa shape index (κ3) is 1.99. The smallest absolute Gasteiger partial charge is 0.128 e. The largest absolute Gasteiger partial charge is 0.354 e. The molecule has 1 aromatic rings. The lowest BCUT2D eigenvalue weighted by molar-refractivity contribution is 0.364. The molecule has 1 aliphatic heterocycles. The number of hydrogen-bond acceptors (Lipinski definition) is 2. The van der Waals surface area contributed by atoms with Crippen molar-refractivity contribution >= 4 is 21.7 Å². The maximum atomic E-state index is 12.9. The average molecular weight is 245 g/mol. The minimum atomic E-state index is -0.689. The zero-order valence-electron chi connectivity index (χ0n) is 7.08. The summed E-state index contributed by atoms with van der Waals surface area (Å²) in [6, 6.07) is 3.83. The van der Waals surface area contributed by atoms with E-state index in [1.54, 1.807) is 6.20 Å². The number of alkyl halides is 1. The fraction of sp³-hybridized carbons (Fsp3) is 0.444. The van der Waals surface area contributed by atoms with Crippen molar-refractivity contribution in [2.45, 2.75) is 12.6 Å². The van der Waals surface area contributed by atoms with Gasteiger partial charge in [0, 0.05) is 17.2 Å². The summed E-state index contributed by atoms with van der Waals surface area (Å²) in [4.78, 5) is 6.18. The van der Waals surface area contributed by atoms with Crippen LogP contribution < -0.4 is 4.90 Å². The minimum absolute atomic E-state index is 0.481. The highest BCUT2D eigenvalue weighted by molar-refractivity contribution is 9.10. The third-order valence-corrected chi connectivity index (χ3v) is 2.64. The molecule has 2 nitrogen and oxygen atoms in total. The number of rotatable bonds is 1. The molecule has 0 N–H and O–H groups in total. The van der Waals surface area contributed by atoms with Crippen molar-refractivity contribution in [1.82, 2.24) is 4.98 Å². The van der Waals surface area contributed by atoms with Crippen LogP contribution >= 0.6 is 15.9 Å². The van der Waals surface area contributed by atoms with Gasteiger partial charge >= 0.3 is 0 Å². The van der Waals surface area contributed by atoms with Crippen molar-refractivity contribution in [3.05, 3.63) is 22.8 Å². The monoisotopic (exact) mass is 244 g/mol. The van der Waals surface area contributed by atoms with E-state index >= 15 is 0 Å². The van der Waals surface area contributed by atoms with Crippen LogP contribution in [0.1, 0.15) is 6.42 Å². The van der Waals surface area contributed by atoms with E-state index in [1.807, 2.05) is 17.0 Å². The molecular formula is C9H10BrFN2. The fourth-order valence-electron chi connectivity index (χ4n) is 1.48. The van der Waals surface area contributed by atoms with Gasteiger partial charge in [0.1, 0.15) is 12.0 Å². The number of pyridine rings is 1. The topological polar surface area (TPSA) is 16.1 Å². The van der Waals surface area contributed by atoms with Crippen molar-refractivity contribution in [1.29, 1.82) is 0 Å². The van der Waals surface area contributed by atoms with Crippen LogP contribution in [0.2, 0.25) is 0 Å². The van der Waals surface area contributed by atoms with E-state index in [1.165, 1.54) is 0 Å². The van der Waals surface area contributed by atoms with Crippen molar-refractivity contribution in [2.75, 3.05) is 18.0 Å². The first kappa shape index (κ1) is 8.94. The third-order valence-electron chi connectivity index (χ3n) is 2.17. The van der Waals surface area contributed by atoms with Gasteiger partial charge in [0.2, 0.25) is 0 Å². The summed E-state index contributed by atoms with van der Waals surface area (Å²) < 4.78 is 13.8. The zero-order valence-corrected chi connectivity index (χ0v) is 8.67. The zero-order chi connectivity index (χ0) is 9.26. The number of anilines is 1. The van der Waals surface area contributed by atoms with Crippen LogP contribution in [0.3, 0.4) is 0 Å². The minimum Gasteiger partial charge on any atom is -0.354 e. The fourth-order valence-corrected chi connectivity index (χ4v) is 1.72. The number of nitrogens with zero attached hydrogens (tertiary/aromatic N) is 2. The van der Waals surface area contributed by atoms with Crippen LogP contribution in [-0.4, -0.2) is 24.2 Å². The average Bonchev–Trinajstić information content (AvgIpc) is 2.53. The first-order valence-corrected chi connectivity index (χ1v) is 5.05. The van der Waals surface area contributed by atoms with E-state index in [-0.39, 0.29) is 0 Å². The van der Waals surface area contributed by atoms with Crippen molar-refractivity contribution in [2.24, 2.45) is 0 Å². The SMILES string of the molecule is F[C@@H]1CCN(c2ccc(Br)cn2)C1. The molecule has 1 fully saturated rings. The maximum Gasteiger partial charge on any atom is 0.128 e. The second kappa shape index (κ2) is 3.62. The first-order chi connectivity index (χ1) is 6.25. The van der Waals surface area contributed by atoms with Crippen LogP contribution in [-0.2, 0) is 0 Å². The molecular weight excluding hydrogens is 235 g/mol. The van der Waals surface area contributed by atoms with Gasteiger partial charge in [-0.25, -0.2) is 9.37 Å². The van der Waals surface area contributed by atoms with Crippen LogP contribution in [0.15, 0.2) is 22.8 Å². The first-order valence-electron chi connectivity index (χ1n) is 4.26. The molecule has 70 valence electrons. The van der Waals surface area contributed by atoms with Crippen LogP contribution in [0.5, 0.6) is 0 Å². The van der Waals surface area contributed by atoms with E-state index in [0.29, 0.717) is 13.0 Å². The van der Waals surface area contributed by atoms with Gasteiger partial charge in [-0.3, -0.25) is 0 Å². The Kier molecular flexibility index (Phi) is 2.49. The van der Waals surface area contributed by atoms with Gasteiger partial charge in [-0.05, 0) is 34.5 Å². The van der Waals surface area contributed by atoms with Gasteiger partial charge < -0.3 is 4.90 Å². The van der Waals surface area contributed by atoms with Crippen LogP contribution in [0, 0.1) is 0 Å². The van der Waals surface area contributed by atoms with Gasteiger partial charge in [0.25, 0.3) is 0 Å². The molecule has 13 heavy (non-hydrogen) atoms. The normalized spacial score (nSPS) is 22.3. The number of hydrogen-bond donors (Lipinski definition) is 0. The summed E-state index contributed by atoms with van der Waals surface area (Å²) in [6.07, 6.45) is 1.67. The quantitative estimate of drug-likeness (QED) is 0.755. The van der Waals surface area contributed by atoms with Gasteiger partial charge in [-0.2, -0.15) is 0 Å². The molecule has 0 aromatic carbocycles. The molecule has 0 saturated carbocycles. The Labute approximate surface area is 84.9 Å². The standard InChI is InChI=1S/C9H10BrFN2/c10-7-1-2-9(12-5-7)13-4-3-8(11)6-13/h1-2,5,8H,3-4,6H2/t8-/m1/s1. The van der Waals surface area contributed by atoms with E-state index in [0.717, 1.165) is 16.8 Å². The summed E-state index contributed by atoms with van der Waals surface area (Å²) in [6.45, 7) is 1.25. The van der Waals surface area contributed by atoms with Gasteiger partial charge in [0.05, 0.1) is 6.54 Å². The predicted octanol–water partition coefficient (Wildman–Crippen LogP) is 2.39. The van der Waals surface area contributed by atoms with Gasteiger partial charge in [-0.1, -0.05) is 0 Å². The molecule has 4 heteroatoms. The molecule has 0 spiro atoms. The molecule has 0 amide bonds. The lowest BCUT2D eigenvalue weighted by atomic mass is 10.3. The predicted molar refractivity (Wildman–Crippen MR) is 53.7 cm³/mol. The van der Waals surface area contributed by atoms with Crippen molar-refractivity contribution < 1.29 is 4.39 Å². The molecule has 1 atom stereocenters. The maximum absolute atomic E-state index is 12.9. The summed E-state index contributed by atoms with van der Waals surface area (Å²) in [5.41, 5.74) is 0. The van der Waals surface area contributed by atoms with Gasteiger partial charge in [0.15, 0.2) is 0 Å². The van der Waals surface area contributed by atoms with Gasteiger partial charge in [-0.15, -0.1) is 0 Å². The van der Waals surface area contributed by atoms with Crippen LogP contribution in [0.4, 0.5) is 10.2 Å². The molecule has 0 bridgehead atoms. The molecule has 1 aliphatic rings. The Balaban J connectivity index is 2.13. The molecule has 1 saturated heterocycles. The lowest BCUT2D eigenvalue weighted by Crippen LogP contribution is -2.20. The summed E-state index contributed by atoms with van der Waals surface area (Å²) >= 11 is 3.31. The number of halogens is 2. The second-order valence-electron chi connectivity index (χ2n) is 3.17.